The van der Waals surface area contributed by atoms with E-state index in [1.807, 2.05) is 13.8 Å². The Morgan fingerprint density at radius 1 is 1.20 bits per heavy atom. The van der Waals surface area contributed by atoms with Gasteiger partial charge in [0.05, 0.1) is 17.8 Å². The molecule has 0 aliphatic carbocycles. The van der Waals surface area contributed by atoms with Crippen molar-refractivity contribution < 1.29 is 29.6 Å². The van der Waals surface area contributed by atoms with Gasteiger partial charge in [0.15, 0.2) is 6.23 Å². The van der Waals surface area contributed by atoms with E-state index in [-0.39, 0.29) is 11.9 Å². The lowest BCUT2D eigenvalue weighted by Crippen LogP contribution is -2.35. The molecule has 4 rings (SSSR count). The number of fused-ring (bicyclic) bond motifs is 1. The van der Waals surface area contributed by atoms with Gasteiger partial charge in [0.1, 0.15) is 30.2 Å². The summed E-state index contributed by atoms with van der Waals surface area (Å²) < 4.78 is 20.9. The molecule has 2 aromatic heterocycles. The third-order valence-electron chi connectivity index (χ3n) is 5.10. The van der Waals surface area contributed by atoms with E-state index in [2.05, 4.69) is 14.2 Å². The smallest absolute Gasteiger partial charge is 0.163 e. The van der Waals surface area contributed by atoms with E-state index in [9.17, 15) is 24.8 Å². The molecular weight excluding hydrogens is 410 g/mol. The van der Waals surface area contributed by atoms with Crippen LogP contribution in [0.3, 0.4) is 0 Å². The number of aliphatic hydroxyl groups is 4. The molecule has 30 heavy (non-hydrogen) atoms. The fourth-order valence-electron chi connectivity index (χ4n) is 3.61. The average molecular weight is 436 g/mol. The zero-order valence-electron chi connectivity index (χ0n) is 16.7. The molecule has 9 heteroatoms. The van der Waals surface area contributed by atoms with E-state index in [0.717, 1.165) is 0 Å². The van der Waals surface area contributed by atoms with E-state index in [1.165, 1.54) is 24.4 Å². The van der Waals surface area contributed by atoms with Gasteiger partial charge in [0.25, 0.3) is 0 Å². The normalized spacial score (nSPS) is 24.5. The predicted octanol–water partition coefficient (Wildman–Crippen LogP) is 1.55. The van der Waals surface area contributed by atoms with Crippen LogP contribution in [-0.2, 0) is 11.3 Å². The molecule has 4 N–H and O–H groups in total. The molecular formula is C21H26FN2O5P. The summed E-state index contributed by atoms with van der Waals surface area (Å²) in [7, 11) is 2.24. The zero-order valence-corrected chi connectivity index (χ0v) is 17.8. The summed E-state index contributed by atoms with van der Waals surface area (Å²) in [5.74, 6) is -0.432. The molecule has 0 bridgehead atoms. The van der Waals surface area contributed by atoms with Gasteiger partial charge in [-0.05, 0) is 29.8 Å². The molecule has 6 unspecified atom stereocenters. The monoisotopic (exact) mass is 436 g/mol. The molecule has 0 radical (unpaired) electrons. The Labute approximate surface area is 176 Å². The molecule has 3 heterocycles. The molecule has 6 atom stereocenters. The Kier molecular flexibility index (Phi) is 7.18. The van der Waals surface area contributed by atoms with Gasteiger partial charge < -0.3 is 29.7 Å². The second-order valence-electron chi connectivity index (χ2n) is 6.77. The molecule has 1 aromatic carbocycles. The number of aromatic nitrogens is 2. The molecule has 7 nitrogen and oxygen atoms in total. The number of hydrogen-bond donors (Lipinski definition) is 4. The minimum atomic E-state index is -1.35. The van der Waals surface area contributed by atoms with Gasteiger partial charge in [-0.3, -0.25) is 4.98 Å². The first-order chi connectivity index (χ1) is 14.4. The van der Waals surface area contributed by atoms with Gasteiger partial charge in [-0.2, -0.15) is 0 Å². The summed E-state index contributed by atoms with van der Waals surface area (Å²) in [6, 6.07) is 7.53. The second kappa shape index (κ2) is 9.47. The maximum Gasteiger partial charge on any atom is 0.163 e. The molecule has 162 valence electrons. The van der Waals surface area contributed by atoms with Crippen LogP contribution in [0.5, 0.6) is 0 Å². The maximum atomic E-state index is 13.5. The van der Waals surface area contributed by atoms with E-state index in [4.69, 9.17) is 4.74 Å². The van der Waals surface area contributed by atoms with Crippen molar-refractivity contribution in [2.45, 2.75) is 51.1 Å². The number of halogens is 1. The van der Waals surface area contributed by atoms with Crippen LogP contribution in [0, 0.1) is 5.82 Å². The second-order valence-corrected chi connectivity index (χ2v) is 7.39. The molecule has 0 saturated carbocycles. The molecule has 1 aliphatic heterocycles. The number of benzene rings is 1. The van der Waals surface area contributed by atoms with Crippen LogP contribution < -0.4 is 5.30 Å². The van der Waals surface area contributed by atoms with E-state index in [1.54, 1.807) is 22.9 Å². The number of rotatable bonds is 4. The fraction of sp³-hybridized carbons (Fsp3) is 0.381. The molecule has 3 aromatic rings. The maximum absolute atomic E-state index is 13.5. The van der Waals surface area contributed by atoms with E-state index >= 15 is 0 Å². The number of hydrogen-bond acceptors (Lipinski definition) is 6. The number of pyridine rings is 1. The molecule has 1 aliphatic rings. The van der Waals surface area contributed by atoms with Crippen LogP contribution in [0.2, 0.25) is 0 Å². The number of nitrogens with zero attached hydrogens (tertiary/aromatic N) is 2. The highest BCUT2D eigenvalue weighted by molar-refractivity contribution is 7.27. The highest BCUT2D eigenvalue weighted by Gasteiger charge is 2.47. The van der Waals surface area contributed by atoms with Crippen molar-refractivity contribution in [3.05, 3.63) is 59.8 Å². The van der Waals surface area contributed by atoms with Crippen LogP contribution in [0.4, 0.5) is 4.39 Å². The van der Waals surface area contributed by atoms with Crippen molar-refractivity contribution in [1.82, 2.24) is 9.55 Å². The lowest BCUT2D eigenvalue weighted by molar-refractivity contribution is -0.0846. The van der Waals surface area contributed by atoms with Crippen molar-refractivity contribution in [2.24, 2.45) is 0 Å². The minimum Gasteiger partial charge on any atom is -0.390 e. The molecule has 1 saturated heterocycles. The molecule has 0 spiro atoms. The quantitative estimate of drug-likeness (QED) is 0.463. The molecule has 0 amide bonds. The summed E-state index contributed by atoms with van der Waals surface area (Å²) in [5.41, 5.74) is 1.52. The minimum absolute atomic E-state index is 0.235. The van der Waals surface area contributed by atoms with Gasteiger partial charge >= 0.3 is 0 Å². The number of ether oxygens (including phenoxy) is 1. The first-order valence-corrected chi connectivity index (χ1v) is 10.3. The SMILES string of the molecule is CC.OCc1nccc2c1ccn2C1OC(C(O)c2ccc(F)c(P)c2)C(O)C1O. The van der Waals surface area contributed by atoms with Crippen molar-refractivity contribution >= 4 is 25.4 Å². The summed E-state index contributed by atoms with van der Waals surface area (Å²) in [6.07, 6.45) is -2.76. The van der Waals surface area contributed by atoms with Crippen molar-refractivity contribution in [2.75, 3.05) is 0 Å². The topological polar surface area (TPSA) is 108 Å². The summed E-state index contributed by atoms with van der Waals surface area (Å²) >= 11 is 0. The Morgan fingerprint density at radius 2 is 1.93 bits per heavy atom. The van der Waals surface area contributed by atoms with Gasteiger partial charge in [-0.15, -0.1) is 9.24 Å². The Hall–Kier alpha value is -1.93. The van der Waals surface area contributed by atoms with E-state index < -0.39 is 36.5 Å². The first-order valence-electron chi connectivity index (χ1n) is 9.72. The van der Waals surface area contributed by atoms with Gasteiger partial charge in [0.2, 0.25) is 0 Å². The van der Waals surface area contributed by atoms with Crippen LogP contribution in [-0.4, -0.2) is 48.3 Å². The van der Waals surface area contributed by atoms with Crippen molar-refractivity contribution in [3.8, 4) is 0 Å². The van der Waals surface area contributed by atoms with Crippen molar-refractivity contribution in [1.29, 1.82) is 0 Å². The lowest BCUT2D eigenvalue weighted by Gasteiger charge is -2.22. The average Bonchev–Trinajstić information content (AvgIpc) is 3.32. The standard InChI is InChI=1S/C19H20FN2O5P.C2H6/c20-11-2-1-9(7-14(11)28)15(24)18-16(25)17(26)19(27-18)22-6-4-10-12(8-23)21-5-3-13(10)22;1-2/h1-7,15-19,23-26H,8,28H2;1-2H3. The van der Waals surface area contributed by atoms with Crippen LogP contribution in [0.25, 0.3) is 10.9 Å². The third kappa shape index (κ3) is 3.99. The first kappa shape index (κ1) is 22.7. The Bertz CT molecular complexity index is 1010. The fourth-order valence-corrected chi connectivity index (χ4v) is 3.90. The van der Waals surface area contributed by atoms with Crippen LogP contribution in [0.1, 0.15) is 37.4 Å². The highest BCUT2D eigenvalue weighted by atomic mass is 31.0. The van der Waals surface area contributed by atoms with Crippen molar-refractivity contribution in [3.63, 3.8) is 0 Å². The summed E-state index contributed by atoms with van der Waals surface area (Å²) in [4.78, 5) is 4.11. The Morgan fingerprint density at radius 3 is 2.60 bits per heavy atom. The van der Waals surface area contributed by atoms with Gasteiger partial charge in [-0.25, -0.2) is 4.39 Å². The molecule has 1 fully saturated rings. The Balaban J connectivity index is 0.00000124. The zero-order chi connectivity index (χ0) is 22.0. The van der Waals surface area contributed by atoms with Crippen LogP contribution in [0.15, 0.2) is 42.7 Å². The third-order valence-corrected chi connectivity index (χ3v) is 5.54. The van der Waals surface area contributed by atoms with Gasteiger partial charge in [-0.1, -0.05) is 19.9 Å². The summed E-state index contributed by atoms with van der Waals surface area (Å²) in [6.45, 7) is 3.77. The lowest BCUT2D eigenvalue weighted by atomic mass is 9.99. The van der Waals surface area contributed by atoms with Crippen LogP contribution >= 0.6 is 9.24 Å². The highest BCUT2D eigenvalue weighted by Crippen LogP contribution is 2.37. The predicted molar refractivity (Wildman–Crippen MR) is 114 cm³/mol. The largest absolute Gasteiger partial charge is 0.390 e. The van der Waals surface area contributed by atoms with Gasteiger partial charge in [0, 0.05) is 23.1 Å². The summed E-state index contributed by atoms with van der Waals surface area (Å²) in [5, 5.41) is 42.1. The number of aliphatic hydroxyl groups excluding tert-OH is 4. The van der Waals surface area contributed by atoms with E-state index in [0.29, 0.717) is 22.2 Å².